The zero-order chi connectivity index (χ0) is 25.0. The average Bonchev–Trinajstić information content (AvgIpc) is 3.14. The topological polar surface area (TPSA) is 91.7 Å². The molecule has 0 fully saturated rings. The molecule has 0 aliphatic carbocycles. The van der Waals surface area contributed by atoms with E-state index in [0.29, 0.717) is 0 Å². The Hall–Kier alpha value is -2.86. The van der Waals surface area contributed by atoms with Crippen LogP contribution in [0.15, 0.2) is 41.4 Å². The summed E-state index contributed by atoms with van der Waals surface area (Å²) in [4.78, 5) is 26.5. The van der Waals surface area contributed by atoms with Crippen LogP contribution in [0.3, 0.4) is 0 Å². The second-order valence-electron chi connectivity index (χ2n) is 7.17. The monoisotopic (exact) mass is 488 g/mol. The van der Waals surface area contributed by atoms with Crippen LogP contribution in [0.5, 0.6) is 0 Å². The molecule has 0 unspecified atom stereocenters. The summed E-state index contributed by atoms with van der Waals surface area (Å²) in [6.45, 7) is 5.09. The summed E-state index contributed by atoms with van der Waals surface area (Å²) in [5.74, 6) is -1.44. The summed E-state index contributed by atoms with van der Waals surface area (Å²) >= 11 is 0. The van der Waals surface area contributed by atoms with Crippen LogP contribution in [0.2, 0.25) is 0 Å². The summed E-state index contributed by atoms with van der Waals surface area (Å²) in [6.07, 6.45) is -3.34. The SMILES string of the molecule is CCN(CC(=O)Nc1ccccc1C(F)(F)F)C(=O)c1cc(S(=O)(=O)N(CC)CC)cn1C. The third-order valence-electron chi connectivity index (χ3n) is 5.05. The Morgan fingerprint density at radius 3 is 2.21 bits per heavy atom. The molecule has 0 saturated carbocycles. The van der Waals surface area contributed by atoms with Crippen molar-refractivity contribution in [3.8, 4) is 0 Å². The van der Waals surface area contributed by atoms with Gasteiger partial charge in [-0.05, 0) is 25.1 Å². The predicted octanol–water partition coefficient (Wildman–Crippen LogP) is 3.18. The van der Waals surface area contributed by atoms with Crippen LogP contribution in [0.1, 0.15) is 36.8 Å². The molecule has 33 heavy (non-hydrogen) atoms. The third kappa shape index (κ3) is 5.93. The Morgan fingerprint density at radius 1 is 1.06 bits per heavy atom. The number of benzene rings is 1. The van der Waals surface area contributed by atoms with E-state index in [4.69, 9.17) is 0 Å². The molecule has 2 amide bonds. The van der Waals surface area contributed by atoms with Gasteiger partial charge in [0.25, 0.3) is 5.91 Å². The lowest BCUT2D eigenvalue weighted by atomic mass is 10.1. The number of hydrogen-bond donors (Lipinski definition) is 1. The maximum Gasteiger partial charge on any atom is 0.418 e. The van der Waals surface area contributed by atoms with Crippen molar-refractivity contribution in [2.24, 2.45) is 7.05 Å². The van der Waals surface area contributed by atoms with E-state index in [1.165, 1.54) is 40.3 Å². The molecule has 0 bridgehead atoms. The van der Waals surface area contributed by atoms with Crippen LogP contribution in [0.25, 0.3) is 0 Å². The number of nitrogens with one attached hydrogen (secondary N) is 1. The molecule has 0 spiro atoms. The van der Waals surface area contributed by atoms with E-state index in [0.717, 1.165) is 17.0 Å². The first-order valence-corrected chi connectivity index (χ1v) is 11.7. The Labute approximate surface area is 191 Å². The van der Waals surface area contributed by atoms with Crippen LogP contribution in [-0.2, 0) is 28.0 Å². The molecule has 0 atom stereocenters. The smallest absolute Gasteiger partial charge is 0.345 e. The highest BCUT2D eigenvalue weighted by atomic mass is 32.2. The number of hydrogen-bond acceptors (Lipinski definition) is 4. The van der Waals surface area contributed by atoms with Crippen LogP contribution in [-0.4, -0.2) is 60.2 Å². The predicted molar refractivity (Wildman–Crippen MR) is 117 cm³/mol. The van der Waals surface area contributed by atoms with Gasteiger partial charge in [0.15, 0.2) is 0 Å². The molecule has 1 heterocycles. The van der Waals surface area contributed by atoms with Crippen LogP contribution in [0.4, 0.5) is 18.9 Å². The molecule has 2 aromatic rings. The fourth-order valence-electron chi connectivity index (χ4n) is 3.29. The summed E-state index contributed by atoms with van der Waals surface area (Å²) in [5, 5.41) is 2.20. The summed E-state index contributed by atoms with van der Waals surface area (Å²) in [7, 11) is -2.29. The third-order valence-corrected chi connectivity index (χ3v) is 7.07. The van der Waals surface area contributed by atoms with Crippen molar-refractivity contribution >= 4 is 27.5 Å². The number of para-hydroxylation sites is 1. The molecule has 0 radical (unpaired) electrons. The van der Waals surface area contributed by atoms with Crippen molar-refractivity contribution in [1.29, 1.82) is 0 Å². The van der Waals surface area contributed by atoms with Gasteiger partial charge in [-0.2, -0.15) is 17.5 Å². The number of halogens is 3. The Bertz CT molecular complexity index is 1110. The molecule has 1 aromatic carbocycles. The summed E-state index contributed by atoms with van der Waals surface area (Å²) in [6, 6.07) is 5.77. The van der Waals surface area contributed by atoms with Gasteiger partial charge in [0.2, 0.25) is 15.9 Å². The number of aromatic nitrogens is 1. The van der Waals surface area contributed by atoms with Crippen LogP contribution >= 0.6 is 0 Å². The molecule has 0 aliphatic rings. The minimum Gasteiger partial charge on any atom is -0.345 e. The molecule has 0 saturated heterocycles. The van der Waals surface area contributed by atoms with E-state index >= 15 is 0 Å². The first-order valence-electron chi connectivity index (χ1n) is 10.3. The maximum absolute atomic E-state index is 13.2. The van der Waals surface area contributed by atoms with Crippen molar-refractivity contribution in [3.63, 3.8) is 0 Å². The number of nitrogens with zero attached hydrogens (tertiary/aromatic N) is 3. The maximum atomic E-state index is 13.2. The number of aryl methyl sites for hydroxylation is 1. The van der Waals surface area contributed by atoms with E-state index in [-0.39, 0.29) is 30.2 Å². The molecular formula is C21H27F3N4O4S. The minimum atomic E-state index is -4.65. The summed E-state index contributed by atoms with van der Waals surface area (Å²) in [5.41, 5.74) is -1.38. The van der Waals surface area contributed by atoms with Gasteiger partial charge in [0.1, 0.15) is 17.1 Å². The molecule has 1 N–H and O–H groups in total. The first-order chi connectivity index (χ1) is 15.4. The largest absolute Gasteiger partial charge is 0.418 e. The van der Waals surface area contributed by atoms with Gasteiger partial charge in [0, 0.05) is 32.9 Å². The molecule has 1 aromatic heterocycles. The Balaban J connectivity index is 2.23. The number of amides is 2. The lowest BCUT2D eigenvalue weighted by molar-refractivity contribution is -0.137. The highest BCUT2D eigenvalue weighted by molar-refractivity contribution is 7.89. The van der Waals surface area contributed by atoms with E-state index in [1.54, 1.807) is 20.8 Å². The lowest BCUT2D eigenvalue weighted by Gasteiger charge is -2.21. The number of carbonyl (C=O) groups is 2. The van der Waals surface area contributed by atoms with Crippen molar-refractivity contribution in [2.75, 3.05) is 31.5 Å². The van der Waals surface area contributed by atoms with E-state index < -0.39 is 45.8 Å². The molecule has 12 heteroatoms. The number of anilines is 1. The number of likely N-dealkylation sites (N-methyl/N-ethyl adjacent to an activating group) is 1. The van der Waals surface area contributed by atoms with Crippen LogP contribution in [0, 0.1) is 0 Å². The zero-order valence-corrected chi connectivity index (χ0v) is 19.6. The quantitative estimate of drug-likeness (QED) is 0.587. The van der Waals surface area contributed by atoms with Gasteiger partial charge in [-0.3, -0.25) is 9.59 Å². The Morgan fingerprint density at radius 2 is 1.67 bits per heavy atom. The van der Waals surface area contributed by atoms with E-state index in [1.807, 2.05) is 0 Å². The van der Waals surface area contributed by atoms with Crippen molar-refractivity contribution in [3.05, 3.63) is 47.8 Å². The first kappa shape index (κ1) is 26.4. The van der Waals surface area contributed by atoms with Crippen molar-refractivity contribution in [2.45, 2.75) is 31.8 Å². The Kier molecular flexibility index (Phi) is 8.30. The average molecular weight is 489 g/mol. The van der Waals surface area contributed by atoms with Gasteiger partial charge in [-0.15, -0.1) is 0 Å². The minimum absolute atomic E-state index is 0.0334. The highest BCUT2D eigenvalue weighted by Gasteiger charge is 2.34. The van der Waals surface area contributed by atoms with E-state index in [9.17, 15) is 31.2 Å². The number of sulfonamides is 1. The number of carbonyl (C=O) groups excluding carboxylic acids is 2. The number of rotatable bonds is 9. The van der Waals surface area contributed by atoms with Crippen molar-refractivity contribution in [1.82, 2.24) is 13.8 Å². The highest BCUT2D eigenvalue weighted by Crippen LogP contribution is 2.34. The molecule has 0 aliphatic heterocycles. The van der Waals surface area contributed by atoms with Gasteiger partial charge in [-0.1, -0.05) is 26.0 Å². The van der Waals surface area contributed by atoms with Crippen LogP contribution < -0.4 is 5.32 Å². The second-order valence-corrected chi connectivity index (χ2v) is 9.11. The molecule has 2 rings (SSSR count). The lowest BCUT2D eigenvalue weighted by Crippen LogP contribution is -2.38. The summed E-state index contributed by atoms with van der Waals surface area (Å²) < 4.78 is 67.6. The van der Waals surface area contributed by atoms with Gasteiger partial charge >= 0.3 is 6.18 Å². The van der Waals surface area contributed by atoms with Gasteiger partial charge < -0.3 is 14.8 Å². The normalized spacial score (nSPS) is 12.1. The molecule has 182 valence electrons. The fraction of sp³-hybridized carbons (Fsp3) is 0.429. The zero-order valence-electron chi connectivity index (χ0n) is 18.8. The standard InChI is InChI=1S/C21H27F3N4O4S/c1-5-27(14-19(29)25-17-11-9-8-10-16(17)21(22,23)24)20(30)18-12-15(13-26(18)4)33(31,32)28(6-2)7-3/h8-13H,5-7,14H2,1-4H3,(H,25,29). The van der Waals surface area contributed by atoms with Gasteiger partial charge in [0.05, 0.1) is 11.3 Å². The fourth-order valence-corrected chi connectivity index (χ4v) is 4.82. The second kappa shape index (κ2) is 10.4. The molecule has 8 nitrogen and oxygen atoms in total. The van der Waals surface area contributed by atoms with Gasteiger partial charge in [-0.25, -0.2) is 8.42 Å². The van der Waals surface area contributed by atoms with Crippen molar-refractivity contribution < 1.29 is 31.2 Å². The van der Waals surface area contributed by atoms with E-state index in [2.05, 4.69) is 5.32 Å². The molecular weight excluding hydrogens is 461 g/mol. The number of alkyl halides is 3.